The number of para-hydroxylation sites is 1. The van der Waals surface area contributed by atoms with Gasteiger partial charge in [0.05, 0.1) is 18.2 Å². The Bertz CT molecular complexity index is 999. The standard InChI is InChI=1S/C21H25N5O3S/c22-11-7-13-25(17-18-8-6-12-23-16-18)21(27)24-19-9-2-3-10-20(19)30(28,29)26-14-4-1-5-15-26/h2-3,6,8-10,12,16H,1,4-5,7,13-15,17H2,(H,24,27). The van der Waals surface area contributed by atoms with Gasteiger partial charge in [0.15, 0.2) is 0 Å². The van der Waals surface area contributed by atoms with Crippen molar-refractivity contribution in [2.75, 3.05) is 25.0 Å². The molecule has 0 unspecified atom stereocenters. The van der Waals surface area contributed by atoms with Crippen LogP contribution >= 0.6 is 0 Å². The Morgan fingerprint density at radius 3 is 2.63 bits per heavy atom. The summed E-state index contributed by atoms with van der Waals surface area (Å²) in [6.07, 6.45) is 6.15. The molecule has 1 aromatic heterocycles. The minimum atomic E-state index is -3.70. The first-order chi connectivity index (χ1) is 14.5. The molecular weight excluding hydrogens is 402 g/mol. The molecule has 8 nitrogen and oxygen atoms in total. The zero-order valence-electron chi connectivity index (χ0n) is 16.7. The van der Waals surface area contributed by atoms with Gasteiger partial charge in [-0.25, -0.2) is 13.2 Å². The molecule has 0 spiro atoms. The van der Waals surface area contributed by atoms with Gasteiger partial charge in [-0.15, -0.1) is 0 Å². The van der Waals surface area contributed by atoms with Crippen LogP contribution in [0.2, 0.25) is 0 Å². The number of urea groups is 1. The molecule has 1 aliphatic rings. The number of hydrogen-bond donors (Lipinski definition) is 1. The van der Waals surface area contributed by atoms with Crippen molar-refractivity contribution in [3.05, 3.63) is 54.4 Å². The number of piperidine rings is 1. The van der Waals surface area contributed by atoms with Crippen LogP contribution in [0.1, 0.15) is 31.2 Å². The molecule has 1 N–H and O–H groups in total. The third-order valence-electron chi connectivity index (χ3n) is 4.94. The zero-order chi connectivity index (χ0) is 21.4. The van der Waals surface area contributed by atoms with E-state index in [0.29, 0.717) is 13.1 Å². The maximum atomic E-state index is 13.1. The molecule has 30 heavy (non-hydrogen) atoms. The first-order valence-electron chi connectivity index (χ1n) is 9.93. The number of carbonyl (C=O) groups excluding carboxylic acids is 1. The van der Waals surface area contributed by atoms with E-state index in [-0.39, 0.29) is 30.1 Å². The van der Waals surface area contributed by atoms with Gasteiger partial charge in [0.25, 0.3) is 0 Å². The largest absolute Gasteiger partial charge is 0.322 e. The molecular formula is C21H25N5O3S. The summed E-state index contributed by atoms with van der Waals surface area (Å²) in [6.45, 7) is 1.46. The van der Waals surface area contributed by atoms with Gasteiger partial charge in [0.2, 0.25) is 10.0 Å². The Morgan fingerprint density at radius 1 is 1.17 bits per heavy atom. The van der Waals surface area contributed by atoms with Gasteiger partial charge in [0.1, 0.15) is 4.90 Å². The highest BCUT2D eigenvalue weighted by molar-refractivity contribution is 7.89. The molecule has 0 atom stereocenters. The summed E-state index contributed by atoms with van der Waals surface area (Å²) in [7, 11) is -3.70. The normalized spacial score (nSPS) is 14.6. The zero-order valence-corrected chi connectivity index (χ0v) is 17.5. The molecule has 1 aliphatic heterocycles. The van der Waals surface area contributed by atoms with Crippen molar-refractivity contribution in [3.63, 3.8) is 0 Å². The summed E-state index contributed by atoms with van der Waals surface area (Å²) in [6, 6.07) is 11.6. The average molecular weight is 428 g/mol. The van der Waals surface area contributed by atoms with Crippen molar-refractivity contribution in [2.45, 2.75) is 37.1 Å². The Hall–Kier alpha value is -2.96. The maximum Gasteiger partial charge on any atom is 0.322 e. The number of sulfonamides is 1. The first kappa shape index (κ1) is 21.7. The van der Waals surface area contributed by atoms with Gasteiger partial charge in [0, 0.05) is 38.6 Å². The van der Waals surface area contributed by atoms with Crippen LogP contribution in [0.4, 0.5) is 10.5 Å². The van der Waals surface area contributed by atoms with E-state index in [4.69, 9.17) is 5.26 Å². The number of pyridine rings is 1. The van der Waals surface area contributed by atoms with Crippen LogP contribution in [0, 0.1) is 11.3 Å². The Morgan fingerprint density at radius 2 is 1.93 bits per heavy atom. The number of aromatic nitrogens is 1. The van der Waals surface area contributed by atoms with Crippen molar-refractivity contribution in [3.8, 4) is 6.07 Å². The summed E-state index contributed by atoms with van der Waals surface area (Å²) in [5.41, 5.74) is 1.06. The van der Waals surface area contributed by atoms with Gasteiger partial charge < -0.3 is 10.2 Å². The number of nitrogens with one attached hydrogen (secondary N) is 1. The van der Waals surface area contributed by atoms with E-state index in [1.807, 2.05) is 12.1 Å². The van der Waals surface area contributed by atoms with Crippen molar-refractivity contribution in [1.29, 1.82) is 5.26 Å². The molecule has 2 aromatic rings. The van der Waals surface area contributed by atoms with Gasteiger partial charge in [-0.05, 0) is 36.6 Å². The molecule has 0 aliphatic carbocycles. The van der Waals surface area contributed by atoms with Crippen molar-refractivity contribution < 1.29 is 13.2 Å². The highest BCUT2D eigenvalue weighted by Gasteiger charge is 2.29. The third kappa shape index (κ3) is 5.34. The molecule has 2 amide bonds. The minimum Gasteiger partial charge on any atom is -0.319 e. The fourth-order valence-corrected chi connectivity index (χ4v) is 5.05. The summed E-state index contributed by atoms with van der Waals surface area (Å²) in [5, 5.41) is 11.7. The SMILES string of the molecule is N#CCCN(Cc1cccnc1)C(=O)Nc1ccccc1S(=O)(=O)N1CCCCC1. The lowest BCUT2D eigenvalue weighted by molar-refractivity contribution is 0.210. The molecule has 1 aromatic carbocycles. The monoisotopic (exact) mass is 427 g/mol. The van der Waals surface area contributed by atoms with E-state index in [1.54, 1.807) is 36.7 Å². The molecule has 3 rings (SSSR count). The number of nitrogens with zero attached hydrogens (tertiary/aromatic N) is 4. The summed E-state index contributed by atoms with van der Waals surface area (Å²) >= 11 is 0. The lowest BCUT2D eigenvalue weighted by Gasteiger charge is -2.27. The summed E-state index contributed by atoms with van der Waals surface area (Å²) in [5.74, 6) is 0. The third-order valence-corrected chi connectivity index (χ3v) is 6.90. The van der Waals surface area contributed by atoms with E-state index in [0.717, 1.165) is 24.8 Å². The molecule has 0 saturated carbocycles. The number of hydrogen-bond acceptors (Lipinski definition) is 5. The van der Waals surface area contributed by atoms with E-state index in [2.05, 4.69) is 10.3 Å². The lowest BCUT2D eigenvalue weighted by atomic mass is 10.2. The van der Waals surface area contributed by atoms with Crippen LogP contribution < -0.4 is 5.32 Å². The summed E-state index contributed by atoms with van der Waals surface area (Å²) in [4.78, 5) is 18.6. The Kier molecular flexibility index (Phi) is 7.38. The molecule has 1 saturated heterocycles. The second kappa shape index (κ2) is 10.2. The molecule has 1 fully saturated rings. The number of amides is 2. The smallest absolute Gasteiger partial charge is 0.319 e. The predicted molar refractivity (Wildman–Crippen MR) is 113 cm³/mol. The number of anilines is 1. The number of benzene rings is 1. The van der Waals surface area contributed by atoms with Gasteiger partial charge in [-0.1, -0.05) is 24.6 Å². The second-order valence-electron chi connectivity index (χ2n) is 7.08. The van der Waals surface area contributed by atoms with Crippen LogP contribution in [0.3, 0.4) is 0 Å². The van der Waals surface area contributed by atoms with E-state index >= 15 is 0 Å². The first-order valence-corrected chi connectivity index (χ1v) is 11.4. The van der Waals surface area contributed by atoms with Gasteiger partial charge >= 0.3 is 6.03 Å². The second-order valence-corrected chi connectivity index (χ2v) is 8.99. The predicted octanol–water partition coefficient (Wildman–Crippen LogP) is 3.20. The summed E-state index contributed by atoms with van der Waals surface area (Å²) < 4.78 is 27.7. The molecule has 0 radical (unpaired) electrons. The van der Waals surface area contributed by atoms with Crippen molar-refractivity contribution in [2.24, 2.45) is 0 Å². The fourth-order valence-electron chi connectivity index (χ4n) is 3.38. The molecule has 0 bridgehead atoms. The number of carbonyl (C=O) groups is 1. The van der Waals surface area contributed by atoms with Crippen molar-refractivity contribution in [1.82, 2.24) is 14.2 Å². The van der Waals surface area contributed by atoms with Gasteiger partial charge in [-0.2, -0.15) is 9.57 Å². The van der Waals surface area contributed by atoms with Crippen LogP contribution in [0.25, 0.3) is 0 Å². The van der Waals surface area contributed by atoms with Crippen LogP contribution in [0.15, 0.2) is 53.7 Å². The Balaban J connectivity index is 1.81. The number of rotatable bonds is 7. The van der Waals surface area contributed by atoms with E-state index in [1.165, 1.54) is 15.3 Å². The van der Waals surface area contributed by atoms with Gasteiger partial charge in [-0.3, -0.25) is 4.98 Å². The van der Waals surface area contributed by atoms with E-state index in [9.17, 15) is 13.2 Å². The molecule has 9 heteroatoms. The topological polar surface area (TPSA) is 106 Å². The highest BCUT2D eigenvalue weighted by Crippen LogP contribution is 2.27. The van der Waals surface area contributed by atoms with Crippen LogP contribution in [0.5, 0.6) is 0 Å². The van der Waals surface area contributed by atoms with E-state index < -0.39 is 16.1 Å². The molecule has 158 valence electrons. The highest BCUT2D eigenvalue weighted by atomic mass is 32.2. The van der Waals surface area contributed by atoms with Crippen molar-refractivity contribution >= 4 is 21.7 Å². The van der Waals surface area contributed by atoms with Crippen LogP contribution in [-0.2, 0) is 16.6 Å². The maximum absolute atomic E-state index is 13.1. The van der Waals surface area contributed by atoms with Crippen LogP contribution in [-0.4, -0.2) is 48.3 Å². The minimum absolute atomic E-state index is 0.0851. The average Bonchev–Trinajstić information content (AvgIpc) is 2.78. The Labute approximate surface area is 177 Å². The fraction of sp³-hybridized carbons (Fsp3) is 0.381. The lowest BCUT2D eigenvalue weighted by Crippen LogP contribution is -2.37. The quantitative estimate of drug-likeness (QED) is 0.730. The molecule has 2 heterocycles. The number of nitriles is 1.